The molecule has 82 valence electrons. The van der Waals surface area contributed by atoms with Crippen LogP contribution in [0.2, 0.25) is 10.0 Å². The van der Waals surface area contributed by atoms with Gasteiger partial charge < -0.3 is 0 Å². The van der Waals surface area contributed by atoms with E-state index in [0.717, 1.165) is 3.79 Å². The summed E-state index contributed by atoms with van der Waals surface area (Å²) in [5, 5.41) is 1.10. The number of ketones is 1. The normalized spacial score (nSPS) is 10.4. The molecule has 0 saturated carbocycles. The van der Waals surface area contributed by atoms with Crippen molar-refractivity contribution >= 4 is 56.3 Å². The second kappa shape index (κ2) is 4.88. The second-order valence-electron chi connectivity index (χ2n) is 3.07. The smallest absolute Gasteiger partial charge is 0.203 e. The lowest BCUT2D eigenvalue weighted by Crippen LogP contribution is -1.97. The highest BCUT2D eigenvalue weighted by Crippen LogP contribution is 2.33. The maximum absolute atomic E-state index is 12.0. The standard InChI is InChI=1S/C11H5BrCl2OS/c12-11-8(14)5-9(16-11)10(15)6-2-1-3-7(13)4-6/h1-5H. The van der Waals surface area contributed by atoms with Gasteiger partial charge in [-0.1, -0.05) is 35.3 Å². The van der Waals surface area contributed by atoms with Crippen LogP contribution in [0.4, 0.5) is 0 Å². The lowest BCUT2D eigenvalue weighted by atomic mass is 10.1. The Morgan fingerprint density at radius 3 is 2.56 bits per heavy atom. The minimum absolute atomic E-state index is 0.0694. The summed E-state index contributed by atoms with van der Waals surface area (Å²) in [4.78, 5) is 12.6. The molecule has 0 N–H and O–H groups in total. The number of benzene rings is 1. The van der Waals surface area contributed by atoms with E-state index in [1.165, 1.54) is 11.3 Å². The lowest BCUT2D eigenvalue weighted by Gasteiger charge is -1.97. The summed E-state index contributed by atoms with van der Waals surface area (Å²) in [6.45, 7) is 0. The van der Waals surface area contributed by atoms with Crippen molar-refractivity contribution in [3.05, 3.63) is 54.6 Å². The Hall–Kier alpha value is -0.350. The fourth-order valence-corrected chi connectivity index (χ4v) is 3.08. The largest absolute Gasteiger partial charge is 0.288 e. The molecule has 16 heavy (non-hydrogen) atoms. The van der Waals surface area contributed by atoms with Gasteiger partial charge in [0.15, 0.2) is 0 Å². The third-order valence-corrected chi connectivity index (χ3v) is 4.66. The molecule has 0 aliphatic heterocycles. The average Bonchev–Trinajstić information content (AvgIpc) is 2.58. The number of thiophene rings is 1. The number of rotatable bonds is 2. The van der Waals surface area contributed by atoms with Crippen LogP contribution in [-0.4, -0.2) is 5.78 Å². The Kier molecular flexibility index (Phi) is 3.70. The first kappa shape index (κ1) is 12.1. The molecule has 0 radical (unpaired) electrons. The van der Waals surface area contributed by atoms with Gasteiger partial charge in [0.1, 0.15) is 0 Å². The van der Waals surface area contributed by atoms with Crippen molar-refractivity contribution in [3.8, 4) is 0 Å². The van der Waals surface area contributed by atoms with Gasteiger partial charge in [0.2, 0.25) is 5.78 Å². The highest BCUT2D eigenvalue weighted by molar-refractivity contribution is 9.11. The SMILES string of the molecule is O=C(c1cccc(Cl)c1)c1cc(Cl)c(Br)s1. The first-order valence-corrected chi connectivity index (χ1v) is 6.69. The molecular formula is C11H5BrCl2OS. The molecule has 0 fully saturated rings. The molecule has 0 atom stereocenters. The minimum Gasteiger partial charge on any atom is -0.288 e. The molecule has 2 rings (SSSR count). The first-order chi connectivity index (χ1) is 7.58. The van der Waals surface area contributed by atoms with Gasteiger partial charge in [-0.3, -0.25) is 4.79 Å². The molecule has 2 aromatic rings. The first-order valence-electron chi connectivity index (χ1n) is 4.33. The van der Waals surface area contributed by atoms with Crippen molar-refractivity contribution < 1.29 is 4.79 Å². The van der Waals surface area contributed by atoms with E-state index in [1.54, 1.807) is 30.3 Å². The van der Waals surface area contributed by atoms with E-state index < -0.39 is 0 Å². The van der Waals surface area contributed by atoms with E-state index in [-0.39, 0.29) is 5.78 Å². The van der Waals surface area contributed by atoms with Crippen LogP contribution in [0.25, 0.3) is 0 Å². The lowest BCUT2D eigenvalue weighted by molar-refractivity contribution is 0.104. The number of carbonyl (C=O) groups is 1. The van der Waals surface area contributed by atoms with E-state index in [9.17, 15) is 4.79 Å². The molecular weight excluding hydrogens is 331 g/mol. The molecule has 0 aliphatic rings. The molecule has 5 heteroatoms. The molecule has 1 aromatic carbocycles. The molecule has 0 aliphatic carbocycles. The topological polar surface area (TPSA) is 17.1 Å². The zero-order valence-electron chi connectivity index (χ0n) is 7.84. The highest BCUT2D eigenvalue weighted by atomic mass is 79.9. The molecule has 0 bridgehead atoms. The van der Waals surface area contributed by atoms with Crippen molar-refractivity contribution in [2.45, 2.75) is 0 Å². The number of carbonyl (C=O) groups excluding carboxylic acids is 1. The van der Waals surface area contributed by atoms with Crippen LogP contribution in [0.3, 0.4) is 0 Å². The number of hydrogen-bond donors (Lipinski definition) is 0. The zero-order chi connectivity index (χ0) is 11.7. The minimum atomic E-state index is -0.0694. The van der Waals surface area contributed by atoms with Crippen molar-refractivity contribution in [3.63, 3.8) is 0 Å². The summed E-state index contributed by atoms with van der Waals surface area (Å²) in [6, 6.07) is 8.51. The average molecular weight is 336 g/mol. The van der Waals surface area contributed by atoms with E-state index in [1.807, 2.05) is 0 Å². The zero-order valence-corrected chi connectivity index (χ0v) is 11.8. The quantitative estimate of drug-likeness (QED) is 0.702. The van der Waals surface area contributed by atoms with Crippen molar-refractivity contribution in [1.29, 1.82) is 0 Å². The summed E-state index contributed by atoms with van der Waals surface area (Å²) in [5.74, 6) is -0.0694. The predicted molar refractivity (Wildman–Crippen MR) is 71.9 cm³/mol. The molecule has 1 heterocycles. The van der Waals surface area contributed by atoms with Crippen LogP contribution < -0.4 is 0 Å². The van der Waals surface area contributed by atoms with Gasteiger partial charge in [-0.05, 0) is 34.1 Å². The molecule has 0 unspecified atom stereocenters. The fourth-order valence-electron chi connectivity index (χ4n) is 1.23. The van der Waals surface area contributed by atoms with E-state index in [4.69, 9.17) is 23.2 Å². The Morgan fingerprint density at radius 1 is 1.25 bits per heavy atom. The molecule has 0 saturated heterocycles. The van der Waals surface area contributed by atoms with Crippen molar-refractivity contribution in [2.24, 2.45) is 0 Å². The summed E-state index contributed by atoms with van der Waals surface area (Å²) in [6.07, 6.45) is 0. The Bertz CT molecular complexity index is 531. The molecule has 0 spiro atoms. The van der Waals surface area contributed by atoms with E-state index in [0.29, 0.717) is 20.5 Å². The van der Waals surface area contributed by atoms with Gasteiger partial charge in [0.05, 0.1) is 13.7 Å². The summed E-state index contributed by atoms with van der Waals surface area (Å²) in [7, 11) is 0. The molecule has 0 amide bonds. The maximum atomic E-state index is 12.0. The van der Waals surface area contributed by atoms with Gasteiger partial charge in [0.25, 0.3) is 0 Å². The number of hydrogen-bond acceptors (Lipinski definition) is 2. The van der Waals surface area contributed by atoms with Crippen LogP contribution in [-0.2, 0) is 0 Å². The third kappa shape index (κ3) is 2.48. The summed E-state index contributed by atoms with van der Waals surface area (Å²) < 4.78 is 0.763. The predicted octanol–water partition coefficient (Wildman–Crippen LogP) is 5.05. The molecule has 1 nitrogen and oxygen atoms in total. The Morgan fingerprint density at radius 2 is 2.00 bits per heavy atom. The van der Waals surface area contributed by atoms with Crippen LogP contribution in [0, 0.1) is 0 Å². The van der Waals surface area contributed by atoms with Gasteiger partial charge in [-0.2, -0.15) is 0 Å². The Labute approximate surface area is 115 Å². The van der Waals surface area contributed by atoms with Gasteiger partial charge >= 0.3 is 0 Å². The fraction of sp³-hybridized carbons (Fsp3) is 0. The monoisotopic (exact) mass is 334 g/mol. The van der Waals surface area contributed by atoms with Crippen LogP contribution in [0.5, 0.6) is 0 Å². The second-order valence-corrected chi connectivity index (χ2v) is 6.29. The van der Waals surface area contributed by atoms with Crippen LogP contribution >= 0.6 is 50.5 Å². The van der Waals surface area contributed by atoms with Crippen molar-refractivity contribution in [2.75, 3.05) is 0 Å². The number of halogens is 3. The van der Waals surface area contributed by atoms with E-state index >= 15 is 0 Å². The highest BCUT2D eigenvalue weighted by Gasteiger charge is 2.14. The molecule has 1 aromatic heterocycles. The van der Waals surface area contributed by atoms with Crippen molar-refractivity contribution in [1.82, 2.24) is 0 Å². The van der Waals surface area contributed by atoms with Gasteiger partial charge in [0, 0.05) is 10.6 Å². The van der Waals surface area contributed by atoms with E-state index in [2.05, 4.69) is 15.9 Å². The Balaban J connectivity index is 2.39. The van der Waals surface area contributed by atoms with Gasteiger partial charge in [-0.25, -0.2) is 0 Å². The van der Waals surface area contributed by atoms with Gasteiger partial charge in [-0.15, -0.1) is 11.3 Å². The summed E-state index contributed by atoms with van der Waals surface area (Å²) in [5.41, 5.74) is 0.568. The summed E-state index contributed by atoms with van der Waals surface area (Å²) >= 11 is 16.3. The van der Waals surface area contributed by atoms with Crippen LogP contribution in [0.1, 0.15) is 15.2 Å². The maximum Gasteiger partial charge on any atom is 0.203 e. The third-order valence-electron chi connectivity index (χ3n) is 1.96. The van der Waals surface area contributed by atoms with Crippen LogP contribution in [0.15, 0.2) is 34.1 Å².